The Morgan fingerprint density at radius 3 is 2.55 bits per heavy atom. The summed E-state index contributed by atoms with van der Waals surface area (Å²) in [5.74, 6) is 0.516. The number of ether oxygens (including phenoxy) is 1. The van der Waals surface area contributed by atoms with E-state index in [4.69, 9.17) is 4.74 Å². The second-order valence-electron chi connectivity index (χ2n) is 4.62. The Kier molecular flexibility index (Phi) is 5.85. The normalized spacial score (nSPS) is 10.3. The fourth-order valence-corrected chi connectivity index (χ4v) is 2.97. The monoisotopic (exact) mass is 427 g/mol. The first-order chi connectivity index (χ1) is 10.5. The van der Waals surface area contributed by atoms with E-state index in [9.17, 15) is 9.90 Å². The fraction of sp³-hybridized carbons (Fsp3) is 0.188. The summed E-state index contributed by atoms with van der Waals surface area (Å²) < 4.78 is 6.52. The molecule has 0 aliphatic rings. The predicted octanol–water partition coefficient (Wildman–Crippen LogP) is 4.96. The number of aromatic hydroxyl groups is 1. The Balaban J connectivity index is 2.15. The molecule has 6 heteroatoms. The van der Waals surface area contributed by atoms with Gasteiger partial charge in [0.2, 0.25) is 0 Å². The van der Waals surface area contributed by atoms with Gasteiger partial charge in [-0.15, -0.1) is 0 Å². The van der Waals surface area contributed by atoms with Gasteiger partial charge in [-0.05, 0) is 68.6 Å². The minimum Gasteiger partial charge on any atom is -0.506 e. The molecule has 0 heterocycles. The molecule has 2 rings (SSSR count). The maximum absolute atomic E-state index is 12.3. The molecule has 0 saturated carbocycles. The number of anilines is 1. The van der Waals surface area contributed by atoms with Crippen LogP contribution in [0.5, 0.6) is 11.5 Å². The van der Waals surface area contributed by atoms with Crippen LogP contribution in [0, 0.1) is 0 Å². The van der Waals surface area contributed by atoms with E-state index >= 15 is 0 Å². The summed E-state index contributed by atoms with van der Waals surface area (Å²) in [7, 11) is 0. The van der Waals surface area contributed by atoms with E-state index in [-0.39, 0.29) is 11.7 Å². The van der Waals surface area contributed by atoms with Crippen molar-refractivity contribution in [3.05, 3.63) is 50.9 Å². The number of amides is 1. The highest BCUT2D eigenvalue weighted by Gasteiger charge is 2.11. The van der Waals surface area contributed by atoms with Crippen LogP contribution < -0.4 is 10.1 Å². The number of phenolic OH excluding ortho intramolecular Hbond substituents is 1. The molecule has 0 unspecified atom stereocenters. The maximum atomic E-state index is 12.3. The molecular formula is C16H15Br2NO3. The lowest BCUT2D eigenvalue weighted by atomic mass is 10.2. The molecule has 22 heavy (non-hydrogen) atoms. The summed E-state index contributed by atoms with van der Waals surface area (Å²) in [6, 6.07) is 10.3. The Hall–Kier alpha value is -1.53. The Bertz CT molecular complexity index is 666. The zero-order valence-corrected chi connectivity index (χ0v) is 15.1. The van der Waals surface area contributed by atoms with Crippen molar-refractivity contribution in [1.29, 1.82) is 0 Å². The average Bonchev–Trinajstić information content (AvgIpc) is 2.50. The van der Waals surface area contributed by atoms with Crippen LogP contribution in [0.3, 0.4) is 0 Å². The number of carbonyl (C=O) groups is 1. The van der Waals surface area contributed by atoms with Crippen LogP contribution in [-0.4, -0.2) is 17.6 Å². The van der Waals surface area contributed by atoms with Crippen molar-refractivity contribution in [2.45, 2.75) is 13.3 Å². The van der Waals surface area contributed by atoms with E-state index in [0.717, 1.165) is 6.42 Å². The van der Waals surface area contributed by atoms with Crippen molar-refractivity contribution >= 4 is 43.5 Å². The number of benzene rings is 2. The third-order valence-electron chi connectivity index (χ3n) is 2.84. The molecule has 2 aromatic rings. The Morgan fingerprint density at radius 1 is 1.23 bits per heavy atom. The Morgan fingerprint density at radius 2 is 1.91 bits per heavy atom. The van der Waals surface area contributed by atoms with E-state index in [1.54, 1.807) is 30.3 Å². The van der Waals surface area contributed by atoms with Crippen molar-refractivity contribution in [3.8, 4) is 11.5 Å². The summed E-state index contributed by atoms with van der Waals surface area (Å²) in [5, 5.41) is 12.5. The third-order valence-corrected chi connectivity index (χ3v) is 4.05. The second-order valence-corrected chi connectivity index (χ2v) is 6.33. The molecular weight excluding hydrogens is 414 g/mol. The molecule has 0 spiro atoms. The van der Waals surface area contributed by atoms with Crippen LogP contribution in [0.15, 0.2) is 45.3 Å². The third kappa shape index (κ3) is 4.24. The lowest BCUT2D eigenvalue weighted by molar-refractivity contribution is 0.102. The van der Waals surface area contributed by atoms with E-state index in [1.165, 1.54) is 0 Å². The van der Waals surface area contributed by atoms with E-state index in [0.29, 0.717) is 32.6 Å². The molecule has 0 atom stereocenters. The van der Waals surface area contributed by atoms with Gasteiger partial charge in [-0.1, -0.05) is 13.0 Å². The number of hydrogen-bond donors (Lipinski definition) is 2. The molecule has 116 valence electrons. The van der Waals surface area contributed by atoms with Gasteiger partial charge in [0.25, 0.3) is 5.91 Å². The first kappa shape index (κ1) is 16.8. The molecule has 0 fully saturated rings. The smallest absolute Gasteiger partial charge is 0.255 e. The van der Waals surface area contributed by atoms with E-state index < -0.39 is 0 Å². The van der Waals surface area contributed by atoms with Gasteiger partial charge < -0.3 is 15.2 Å². The predicted molar refractivity (Wildman–Crippen MR) is 93.7 cm³/mol. The number of nitrogens with one attached hydrogen (secondary N) is 1. The van der Waals surface area contributed by atoms with Crippen molar-refractivity contribution in [2.75, 3.05) is 11.9 Å². The molecule has 0 radical (unpaired) electrons. The SMILES string of the molecule is CCCOc1cccc(C(=O)Nc2cc(Br)c(O)c(Br)c2)c1. The van der Waals surface area contributed by atoms with E-state index in [1.807, 2.05) is 13.0 Å². The Labute approximate surface area is 145 Å². The first-order valence-electron chi connectivity index (χ1n) is 6.73. The molecule has 0 aliphatic heterocycles. The van der Waals surface area contributed by atoms with Gasteiger partial charge in [0.05, 0.1) is 15.6 Å². The van der Waals surface area contributed by atoms with Gasteiger partial charge in [-0.2, -0.15) is 0 Å². The van der Waals surface area contributed by atoms with Gasteiger partial charge in [0, 0.05) is 11.3 Å². The topological polar surface area (TPSA) is 58.6 Å². The van der Waals surface area contributed by atoms with Crippen molar-refractivity contribution in [1.82, 2.24) is 0 Å². The van der Waals surface area contributed by atoms with E-state index in [2.05, 4.69) is 37.2 Å². The number of carbonyl (C=O) groups excluding carboxylic acids is 1. The molecule has 1 amide bonds. The van der Waals surface area contributed by atoms with Crippen LogP contribution >= 0.6 is 31.9 Å². The number of halogens is 2. The average molecular weight is 429 g/mol. The molecule has 0 aliphatic carbocycles. The van der Waals surface area contributed by atoms with Gasteiger partial charge in [0.1, 0.15) is 11.5 Å². The van der Waals surface area contributed by atoms with Crippen LogP contribution in [0.1, 0.15) is 23.7 Å². The zero-order valence-electron chi connectivity index (χ0n) is 11.9. The molecule has 2 N–H and O–H groups in total. The largest absolute Gasteiger partial charge is 0.506 e. The quantitative estimate of drug-likeness (QED) is 0.661. The lowest BCUT2D eigenvalue weighted by Crippen LogP contribution is -2.12. The van der Waals surface area contributed by atoms with Crippen molar-refractivity contribution in [2.24, 2.45) is 0 Å². The van der Waals surface area contributed by atoms with Crippen LogP contribution in [0.2, 0.25) is 0 Å². The number of rotatable bonds is 5. The van der Waals surface area contributed by atoms with Crippen molar-refractivity contribution < 1.29 is 14.6 Å². The molecule has 4 nitrogen and oxygen atoms in total. The summed E-state index contributed by atoms with van der Waals surface area (Å²) in [4.78, 5) is 12.3. The molecule has 0 saturated heterocycles. The lowest BCUT2D eigenvalue weighted by Gasteiger charge is -2.10. The van der Waals surface area contributed by atoms with Gasteiger partial charge >= 0.3 is 0 Å². The van der Waals surface area contributed by atoms with Crippen molar-refractivity contribution in [3.63, 3.8) is 0 Å². The highest BCUT2D eigenvalue weighted by Crippen LogP contribution is 2.35. The maximum Gasteiger partial charge on any atom is 0.255 e. The number of hydrogen-bond acceptors (Lipinski definition) is 3. The second kappa shape index (κ2) is 7.65. The minimum absolute atomic E-state index is 0.0907. The van der Waals surface area contributed by atoms with Gasteiger partial charge in [-0.25, -0.2) is 0 Å². The summed E-state index contributed by atoms with van der Waals surface area (Å²) in [6.07, 6.45) is 0.909. The molecule has 0 bridgehead atoms. The zero-order chi connectivity index (χ0) is 16.1. The summed E-state index contributed by atoms with van der Waals surface area (Å²) in [5.41, 5.74) is 1.08. The minimum atomic E-state index is -0.244. The summed E-state index contributed by atoms with van der Waals surface area (Å²) in [6.45, 7) is 2.64. The summed E-state index contributed by atoms with van der Waals surface area (Å²) >= 11 is 6.46. The number of phenols is 1. The van der Waals surface area contributed by atoms with Gasteiger partial charge in [-0.3, -0.25) is 4.79 Å². The fourth-order valence-electron chi connectivity index (χ4n) is 1.79. The van der Waals surface area contributed by atoms with Crippen LogP contribution in [-0.2, 0) is 0 Å². The molecule has 2 aromatic carbocycles. The van der Waals surface area contributed by atoms with Crippen LogP contribution in [0.4, 0.5) is 5.69 Å². The highest BCUT2D eigenvalue weighted by molar-refractivity contribution is 9.11. The van der Waals surface area contributed by atoms with Gasteiger partial charge in [0.15, 0.2) is 0 Å². The standard InChI is InChI=1S/C16H15Br2NO3/c1-2-6-22-12-5-3-4-10(7-12)16(21)19-11-8-13(17)15(20)14(18)9-11/h3-5,7-9,20H,2,6H2,1H3,(H,19,21). The first-order valence-corrected chi connectivity index (χ1v) is 8.32. The van der Waals surface area contributed by atoms with Crippen LogP contribution in [0.25, 0.3) is 0 Å². The molecule has 0 aromatic heterocycles. The highest BCUT2D eigenvalue weighted by atomic mass is 79.9.